The van der Waals surface area contributed by atoms with E-state index in [2.05, 4.69) is 36.5 Å². The third kappa shape index (κ3) is 4.33. The Hall–Kier alpha value is -2.93. The highest BCUT2D eigenvalue weighted by Crippen LogP contribution is 2.27. The summed E-state index contributed by atoms with van der Waals surface area (Å²) in [7, 11) is 0. The highest BCUT2D eigenvalue weighted by molar-refractivity contribution is 9.10. The van der Waals surface area contributed by atoms with E-state index in [1.165, 1.54) is 18.5 Å². The number of hydrogen-bond donors (Lipinski definition) is 3. The van der Waals surface area contributed by atoms with Crippen LogP contribution in [0, 0.1) is 6.92 Å². The number of carbonyl (C=O) groups is 1. The molecule has 0 spiro atoms. The highest BCUT2D eigenvalue weighted by Gasteiger charge is 2.05. The molecule has 0 bridgehead atoms. The molecule has 3 rings (SSSR count). The predicted octanol–water partition coefficient (Wildman–Crippen LogP) is 4.73. The van der Waals surface area contributed by atoms with Gasteiger partial charge in [-0.3, -0.25) is 0 Å². The second-order valence-electron chi connectivity index (χ2n) is 5.40. The molecule has 0 fully saturated rings. The Bertz CT molecular complexity index is 913. The number of carboxylic acid groups (broad SMARTS) is 1. The van der Waals surface area contributed by atoms with Crippen LogP contribution in [0.15, 0.2) is 59.3 Å². The van der Waals surface area contributed by atoms with Gasteiger partial charge in [0.15, 0.2) is 0 Å². The molecule has 126 valence electrons. The second-order valence-corrected chi connectivity index (χ2v) is 6.26. The van der Waals surface area contributed by atoms with Gasteiger partial charge in [-0.1, -0.05) is 6.07 Å². The van der Waals surface area contributed by atoms with Crippen LogP contribution in [0.2, 0.25) is 0 Å². The molecule has 0 radical (unpaired) electrons. The Labute approximate surface area is 153 Å². The lowest BCUT2D eigenvalue weighted by Crippen LogP contribution is -2.00. The van der Waals surface area contributed by atoms with Gasteiger partial charge in [0, 0.05) is 16.2 Å². The standard InChI is InChI=1S/C18H15BrN4O2/c1-11-2-7-15(14(19)8-11)23-17-9-16(20-10-21-17)22-13-5-3-12(4-6-13)18(24)25/h2-10H,1H3,(H,24,25)(H2,20,21,22,23). The van der Waals surface area contributed by atoms with Gasteiger partial charge >= 0.3 is 5.97 Å². The number of aromatic nitrogens is 2. The molecule has 25 heavy (non-hydrogen) atoms. The van der Waals surface area contributed by atoms with Gasteiger partial charge in [0.2, 0.25) is 0 Å². The van der Waals surface area contributed by atoms with Gasteiger partial charge < -0.3 is 15.7 Å². The van der Waals surface area contributed by atoms with E-state index in [0.717, 1.165) is 21.4 Å². The number of hydrogen-bond acceptors (Lipinski definition) is 5. The molecular weight excluding hydrogens is 384 g/mol. The smallest absolute Gasteiger partial charge is 0.335 e. The third-order valence-corrected chi connectivity index (χ3v) is 4.11. The molecule has 0 aliphatic rings. The third-order valence-electron chi connectivity index (χ3n) is 3.46. The summed E-state index contributed by atoms with van der Waals surface area (Å²) in [6.45, 7) is 2.02. The van der Waals surface area contributed by atoms with Crippen LogP contribution < -0.4 is 10.6 Å². The second kappa shape index (κ2) is 7.31. The minimum Gasteiger partial charge on any atom is -0.478 e. The zero-order chi connectivity index (χ0) is 17.8. The minimum atomic E-state index is -0.955. The van der Waals surface area contributed by atoms with Crippen LogP contribution in [0.5, 0.6) is 0 Å². The van der Waals surface area contributed by atoms with E-state index in [-0.39, 0.29) is 5.56 Å². The maximum absolute atomic E-state index is 10.9. The number of nitrogens with one attached hydrogen (secondary N) is 2. The fraction of sp³-hybridized carbons (Fsp3) is 0.0556. The lowest BCUT2D eigenvalue weighted by molar-refractivity contribution is 0.0697. The molecule has 0 saturated heterocycles. The predicted molar refractivity (Wildman–Crippen MR) is 101 cm³/mol. The van der Waals surface area contributed by atoms with Crippen LogP contribution in [-0.2, 0) is 0 Å². The maximum Gasteiger partial charge on any atom is 0.335 e. The number of halogens is 1. The molecule has 0 amide bonds. The Kier molecular flexibility index (Phi) is 4.95. The molecule has 0 unspecified atom stereocenters. The number of nitrogens with zero attached hydrogens (tertiary/aromatic N) is 2. The van der Waals surface area contributed by atoms with Crippen LogP contribution in [0.25, 0.3) is 0 Å². The van der Waals surface area contributed by atoms with E-state index >= 15 is 0 Å². The van der Waals surface area contributed by atoms with Crippen molar-refractivity contribution >= 4 is 44.9 Å². The summed E-state index contributed by atoms with van der Waals surface area (Å²) in [4.78, 5) is 19.3. The summed E-state index contributed by atoms with van der Waals surface area (Å²) in [5.74, 6) is 0.289. The fourth-order valence-corrected chi connectivity index (χ4v) is 2.79. The van der Waals surface area contributed by atoms with Crippen molar-refractivity contribution in [2.75, 3.05) is 10.6 Å². The fourth-order valence-electron chi connectivity index (χ4n) is 2.20. The van der Waals surface area contributed by atoms with Crippen molar-refractivity contribution < 1.29 is 9.90 Å². The van der Waals surface area contributed by atoms with Gasteiger partial charge in [0.05, 0.1) is 11.3 Å². The number of aryl methyl sites for hydroxylation is 1. The molecule has 6 nitrogen and oxygen atoms in total. The number of carboxylic acids is 1. The largest absolute Gasteiger partial charge is 0.478 e. The Balaban J connectivity index is 1.76. The molecule has 0 aliphatic carbocycles. The van der Waals surface area contributed by atoms with Gasteiger partial charge in [-0.05, 0) is 64.8 Å². The zero-order valence-electron chi connectivity index (χ0n) is 13.3. The van der Waals surface area contributed by atoms with Crippen LogP contribution in [0.3, 0.4) is 0 Å². The quantitative estimate of drug-likeness (QED) is 0.575. The van der Waals surface area contributed by atoms with Crippen LogP contribution in [-0.4, -0.2) is 21.0 Å². The lowest BCUT2D eigenvalue weighted by atomic mass is 10.2. The van der Waals surface area contributed by atoms with E-state index in [1.807, 2.05) is 25.1 Å². The van der Waals surface area contributed by atoms with E-state index in [4.69, 9.17) is 5.11 Å². The first-order valence-electron chi connectivity index (χ1n) is 7.47. The molecule has 2 aromatic carbocycles. The number of benzene rings is 2. The minimum absolute atomic E-state index is 0.236. The van der Waals surface area contributed by atoms with E-state index in [1.54, 1.807) is 18.2 Å². The Morgan fingerprint density at radius 2 is 1.68 bits per heavy atom. The molecule has 3 aromatic rings. The molecule has 7 heteroatoms. The first kappa shape index (κ1) is 16.9. The van der Waals surface area contributed by atoms with Crippen molar-refractivity contribution in [1.82, 2.24) is 9.97 Å². The van der Waals surface area contributed by atoms with Crippen molar-refractivity contribution in [1.29, 1.82) is 0 Å². The van der Waals surface area contributed by atoms with Crippen LogP contribution >= 0.6 is 15.9 Å². The summed E-state index contributed by atoms with van der Waals surface area (Å²) in [5.41, 5.74) is 3.04. The highest BCUT2D eigenvalue weighted by atomic mass is 79.9. The molecule has 0 saturated carbocycles. The maximum atomic E-state index is 10.9. The molecular formula is C18H15BrN4O2. The Morgan fingerprint density at radius 3 is 2.32 bits per heavy atom. The topological polar surface area (TPSA) is 87.1 Å². The van der Waals surface area contributed by atoms with E-state index < -0.39 is 5.97 Å². The van der Waals surface area contributed by atoms with Crippen LogP contribution in [0.4, 0.5) is 23.0 Å². The Morgan fingerprint density at radius 1 is 1.00 bits per heavy atom. The summed E-state index contributed by atoms with van der Waals surface area (Å²) < 4.78 is 0.949. The first-order valence-corrected chi connectivity index (χ1v) is 8.26. The van der Waals surface area contributed by atoms with Gasteiger partial charge in [-0.25, -0.2) is 14.8 Å². The van der Waals surface area contributed by atoms with Crippen molar-refractivity contribution in [2.45, 2.75) is 6.92 Å². The van der Waals surface area contributed by atoms with Crippen LogP contribution in [0.1, 0.15) is 15.9 Å². The van der Waals surface area contributed by atoms with Crippen molar-refractivity contribution in [2.24, 2.45) is 0 Å². The van der Waals surface area contributed by atoms with Gasteiger partial charge in [0.1, 0.15) is 18.0 Å². The average molecular weight is 399 g/mol. The van der Waals surface area contributed by atoms with Crippen molar-refractivity contribution in [3.05, 3.63) is 70.5 Å². The average Bonchev–Trinajstić information content (AvgIpc) is 2.58. The first-order chi connectivity index (χ1) is 12.0. The number of rotatable bonds is 5. The summed E-state index contributed by atoms with van der Waals surface area (Å²) in [5, 5.41) is 15.3. The number of anilines is 4. The normalized spacial score (nSPS) is 10.3. The number of aromatic carboxylic acids is 1. The molecule has 1 heterocycles. The van der Waals surface area contributed by atoms with Gasteiger partial charge in [-0.2, -0.15) is 0 Å². The summed E-state index contributed by atoms with van der Waals surface area (Å²) >= 11 is 3.53. The lowest BCUT2D eigenvalue weighted by Gasteiger charge is -2.10. The molecule has 1 aromatic heterocycles. The van der Waals surface area contributed by atoms with Gasteiger partial charge in [0.25, 0.3) is 0 Å². The molecule has 0 aliphatic heterocycles. The SMILES string of the molecule is Cc1ccc(Nc2cc(Nc3ccc(C(=O)O)cc3)ncn2)c(Br)c1. The van der Waals surface area contributed by atoms with E-state index in [0.29, 0.717) is 11.6 Å². The monoisotopic (exact) mass is 398 g/mol. The van der Waals surface area contributed by atoms with Crippen molar-refractivity contribution in [3.63, 3.8) is 0 Å². The molecule has 3 N–H and O–H groups in total. The van der Waals surface area contributed by atoms with Gasteiger partial charge in [-0.15, -0.1) is 0 Å². The van der Waals surface area contributed by atoms with Crippen molar-refractivity contribution in [3.8, 4) is 0 Å². The van der Waals surface area contributed by atoms with E-state index in [9.17, 15) is 4.79 Å². The zero-order valence-corrected chi connectivity index (χ0v) is 14.9. The summed E-state index contributed by atoms with van der Waals surface area (Å²) in [6, 6.07) is 14.2. The molecule has 0 atom stereocenters. The summed E-state index contributed by atoms with van der Waals surface area (Å²) in [6.07, 6.45) is 1.46.